The molecule has 1 saturated heterocycles. The molecule has 3 heterocycles. The van der Waals surface area contributed by atoms with Crippen molar-refractivity contribution in [2.24, 2.45) is 0 Å². The molecule has 1 aliphatic heterocycles. The first-order valence-electron chi connectivity index (χ1n) is 14.0. The number of fused-ring (bicyclic) bond motifs is 1. The van der Waals surface area contributed by atoms with Crippen LogP contribution in [-0.2, 0) is 20.7 Å². The molecule has 1 amide bonds. The van der Waals surface area contributed by atoms with Crippen molar-refractivity contribution in [3.8, 4) is 6.07 Å². The number of nitrogens with zero attached hydrogens (tertiary/aromatic N) is 4. The molecular formula is C32H36N6O3. The SMILES string of the molecule is COC1=CC=CCC=C1Cc1ccc(Nc2c(C#N)cnn3cc(NC(=O)CCCN4CCOCC4)c(C)c23)cc1. The van der Waals surface area contributed by atoms with Crippen LogP contribution >= 0.6 is 0 Å². The molecule has 0 bridgehead atoms. The molecule has 9 heteroatoms. The molecule has 0 spiro atoms. The molecule has 9 nitrogen and oxygen atoms in total. The highest BCUT2D eigenvalue weighted by atomic mass is 16.5. The van der Waals surface area contributed by atoms with Crippen LogP contribution in [0.15, 0.2) is 72.3 Å². The first-order chi connectivity index (χ1) is 20.1. The van der Waals surface area contributed by atoms with Crippen molar-refractivity contribution in [1.29, 1.82) is 5.26 Å². The number of hydrogen-bond donors (Lipinski definition) is 2. The maximum Gasteiger partial charge on any atom is 0.224 e. The van der Waals surface area contributed by atoms with Crippen molar-refractivity contribution in [1.82, 2.24) is 14.5 Å². The van der Waals surface area contributed by atoms with Gasteiger partial charge in [-0.2, -0.15) is 10.4 Å². The smallest absolute Gasteiger partial charge is 0.224 e. The number of morpholine rings is 1. The highest BCUT2D eigenvalue weighted by Gasteiger charge is 2.18. The number of amides is 1. The minimum absolute atomic E-state index is 0.0334. The van der Waals surface area contributed by atoms with Gasteiger partial charge in [-0.1, -0.05) is 30.4 Å². The Morgan fingerprint density at radius 2 is 2.02 bits per heavy atom. The third-order valence-corrected chi connectivity index (χ3v) is 7.47. The number of anilines is 3. The van der Waals surface area contributed by atoms with Gasteiger partial charge in [-0.25, -0.2) is 4.52 Å². The molecule has 2 aliphatic rings. The number of carbonyl (C=O) groups excluding carboxylic acids is 1. The lowest BCUT2D eigenvalue weighted by Crippen LogP contribution is -2.37. The molecule has 212 valence electrons. The molecule has 3 aromatic rings. The number of rotatable bonds is 10. The summed E-state index contributed by atoms with van der Waals surface area (Å²) >= 11 is 0. The predicted molar refractivity (Wildman–Crippen MR) is 160 cm³/mol. The van der Waals surface area contributed by atoms with Gasteiger partial charge in [-0.3, -0.25) is 9.69 Å². The summed E-state index contributed by atoms with van der Waals surface area (Å²) in [5.41, 5.74) is 6.54. The number of nitriles is 1. The van der Waals surface area contributed by atoms with Gasteiger partial charge in [0, 0.05) is 37.2 Å². The average Bonchev–Trinajstić information content (AvgIpc) is 3.14. The highest BCUT2D eigenvalue weighted by molar-refractivity contribution is 5.95. The van der Waals surface area contributed by atoms with Crippen molar-refractivity contribution in [2.75, 3.05) is 50.6 Å². The fraction of sp³-hybridized carbons (Fsp3) is 0.344. The van der Waals surface area contributed by atoms with Crippen LogP contribution in [0, 0.1) is 18.3 Å². The third kappa shape index (κ3) is 6.85. The number of hydrogen-bond acceptors (Lipinski definition) is 7. The normalized spacial score (nSPS) is 15.5. The van der Waals surface area contributed by atoms with E-state index >= 15 is 0 Å². The van der Waals surface area contributed by atoms with Gasteiger partial charge in [-0.15, -0.1) is 0 Å². The van der Waals surface area contributed by atoms with Crippen LogP contribution in [0.1, 0.15) is 36.0 Å². The number of benzene rings is 1. The molecule has 41 heavy (non-hydrogen) atoms. The second-order valence-corrected chi connectivity index (χ2v) is 10.2. The van der Waals surface area contributed by atoms with E-state index in [2.05, 4.69) is 51.0 Å². The van der Waals surface area contributed by atoms with E-state index in [0.717, 1.165) is 85.8 Å². The number of aryl methyl sites for hydroxylation is 1. The molecule has 0 saturated carbocycles. The fourth-order valence-electron chi connectivity index (χ4n) is 5.21. The molecule has 0 atom stereocenters. The highest BCUT2D eigenvalue weighted by Crippen LogP contribution is 2.32. The van der Waals surface area contributed by atoms with E-state index in [0.29, 0.717) is 23.4 Å². The van der Waals surface area contributed by atoms with Gasteiger partial charge < -0.3 is 20.1 Å². The molecule has 1 aromatic carbocycles. The summed E-state index contributed by atoms with van der Waals surface area (Å²) in [6, 6.07) is 10.4. The monoisotopic (exact) mass is 552 g/mol. The Morgan fingerprint density at radius 3 is 2.78 bits per heavy atom. The maximum absolute atomic E-state index is 12.7. The van der Waals surface area contributed by atoms with E-state index in [4.69, 9.17) is 9.47 Å². The van der Waals surface area contributed by atoms with Crippen molar-refractivity contribution in [3.63, 3.8) is 0 Å². The Kier molecular flexibility index (Phi) is 9.14. The Labute approximate surface area is 240 Å². The lowest BCUT2D eigenvalue weighted by Gasteiger charge is -2.26. The topological polar surface area (TPSA) is 104 Å². The summed E-state index contributed by atoms with van der Waals surface area (Å²) in [7, 11) is 1.70. The minimum Gasteiger partial charge on any atom is -0.496 e. The van der Waals surface area contributed by atoms with Gasteiger partial charge in [-0.05, 0) is 55.7 Å². The van der Waals surface area contributed by atoms with Crippen LogP contribution in [0.2, 0.25) is 0 Å². The van der Waals surface area contributed by atoms with Gasteiger partial charge >= 0.3 is 0 Å². The van der Waals surface area contributed by atoms with Gasteiger partial charge in [0.15, 0.2) is 0 Å². The van der Waals surface area contributed by atoms with E-state index in [1.165, 1.54) is 0 Å². The standard InChI is InChI=1S/C32H36N6O3/c1-23-28(36-30(39)9-6-14-37-15-17-41-18-16-37)22-38-32(23)31(26(20-33)21-34-38)35-27-12-10-24(11-13-27)19-25-7-4-3-5-8-29(25)40-2/h3,5,7-8,10-13,21-22,35H,4,6,9,14-19H2,1-2H3,(H,36,39). The van der Waals surface area contributed by atoms with E-state index in [1.54, 1.807) is 24.0 Å². The van der Waals surface area contributed by atoms with Crippen LogP contribution in [0.3, 0.4) is 0 Å². The second kappa shape index (κ2) is 13.3. The Balaban J connectivity index is 1.29. The van der Waals surface area contributed by atoms with Gasteiger partial charge in [0.25, 0.3) is 0 Å². The fourth-order valence-corrected chi connectivity index (χ4v) is 5.21. The van der Waals surface area contributed by atoms with Gasteiger partial charge in [0.1, 0.15) is 11.8 Å². The van der Waals surface area contributed by atoms with E-state index in [1.807, 2.05) is 31.2 Å². The quantitative estimate of drug-likeness (QED) is 0.353. The zero-order chi connectivity index (χ0) is 28.6. The first kappa shape index (κ1) is 28.1. The number of aromatic nitrogens is 2. The number of carbonyl (C=O) groups is 1. The zero-order valence-corrected chi connectivity index (χ0v) is 23.7. The number of ether oxygens (including phenoxy) is 2. The third-order valence-electron chi connectivity index (χ3n) is 7.47. The lowest BCUT2D eigenvalue weighted by atomic mass is 10.0. The van der Waals surface area contributed by atoms with Gasteiger partial charge in [0.05, 0.1) is 55.2 Å². The Morgan fingerprint density at radius 1 is 1.22 bits per heavy atom. The lowest BCUT2D eigenvalue weighted by molar-refractivity contribution is -0.116. The molecule has 1 aliphatic carbocycles. The van der Waals surface area contributed by atoms with Crippen molar-refractivity contribution < 1.29 is 14.3 Å². The zero-order valence-electron chi connectivity index (χ0n) is 23.7. The van der Waals surface area contributed by atoms with Crippen LogP contribution < -0.4 is 10.6 Å². The largest absolute Gasteiger partial charge is 0.496 e. The summed E-state index contributed by atoms with van der Waals surface area (Å²) < 4.78 is 12.7. The molecule has 5 rings (SSSR count). The number of nitrogens with one attached hydrogen (secondary N) is 2. The van der Waals surface area contributed by atoms with E-state index in [9.17, 15) is 10.1 Å². The number of methoxy groups -OCH3 is 1. The van der Waals surface area contributed by atoms with E-state index < -0.39 is 0 Å². The van der Waals surface area contributed by atoms with E-state index in [-0.39, 0.29) is 5.91 Å². The molecule has 1 fully saturated rings. The second-order valence-electron chi connectivity index (χ2n) is 10.2. The van der Waals surface area contributed by atoms with Gasteiger partial charge in [0.2, 0.25) is 5.91 Å². The van der Waals surface area contributed by atoms with Crippen LogP contribution in [0.5, 0.6) is 0 Å². The van der Waals surface area contributed by atoms with Crippen LogP contribution in [0.25, 0.3) is 5.52 Å². The summed E-state index contributed by atoms with van der Waals surface area (Å²) in [4.78, 5) is 15.1. The summed E-state index contributed by atoms with van der Waals surface area (Å²) in [5.74, 6) is 0.844. The molecule has 2 N–H and O–H groups in total. The Bertz CT molecular complexity index is 1520. The minimum atomic E-state index is -0.0334. The maximum atomic E-state index is 12.7. The molecular weight excluding hydrogens is 516 g/mol. The van der Waals surface area contributed by atoms with Crippen molar-refractivity contribution in [2.45, 2.75) is 32.6 Å². The van der Waals surface area contributed by atoms with Crippen LogP contribution in [0.4, 0.5) is 17.1 Å². The predicted octanol–water partition coefficient (Wildman–Crippen LogP) is 5.27. The molecule has 2 aromatic heterocycles. The summed E-state index contributed by atoms with van der Waals surface area (Å²) in [6.07, 6.45) is 14.5. The summed E-state index contributed by atoms with van der Waals surface area (Å²) in [5, 5.41) is 20.8. The van der Waals surface area contributed by atoms with Crippen molar-refractivity contribution in [3.05, 3.63) is 89.0 Å². The number of allylic oxidation sites excluding steroid dienone is 5. The Hall–Kier alpha value is -4.39. The van der Waals surface area contributed by atoms with Crippen molar-refractivity contribution >= 4 is 28.5 Å². The average molecular weight is 553 g/mol. The first-order valence-corrected chi connectivity index (χ1v) is 14.0. The molecule has 0 unspecified atom stereocenters. The molecule has 0 radical (unpaired) electrons. The summed E-state index contributed by atoms with van der Waals surface area (Å²) in [6.45, 7) is 6.16. The van der Waals surface area contributed by atoms with Crippen LogP contribution in [-0.4, -0.2) is 60.4 Å².